The Balaban J connectivity index is 1.98. The van der Waals surface area contributed by atoms with E-state index in [1.54, 1.807) is 23.1 Å². The maximum Gasteiger partial charge on any atom is 0.416 e. The van der Waals surface area contributed by atoms with Gasteiger partial charge in [-0.25, -0.2) is 4.99 Å². The first-order valence-corrected chi connectivity index (χ1v) is 12.5. The summed E-state index contributed by atoms with van der Waals surface area (Å²) in [6, 6.07) is 10.3. The van der Waals surface area contributed by atoms with Gasteiger partial charge in [-0.3, -0.25) is 14.5 Å². The lowest BCUT2D eigenvalue weighted by atomic mass is 9.77. The summed E-state index contributed by atoms with van der Waals surface area (Å²) in [6.07, 6.45) is -10.2. The second-order valence-corrected chi connectivity index (χ2v) is 9.83. The molecule has 1 fully saturated rings. The number of rotatable bonds is 9. The Morgan fingerprint density at radius 2 is 1.68 bits per heavy atom. The van der Waals surface area contributed by atoms with Crippen LogP contribution in [0.1, 0.15) is 55.0 Å². The van der Waals surface area contributed by atoms with Crippen molar-refractivity contribution in [1.29, 1.82) is 0 Å². The van der Waals surface area contributed by atoms with Crippen LogP contribution in [0.15, 0.2) is 53.5 Å². The second kappa shape index (κ2) is 12.5. The maximum absolute atomic E-state index is 13.4. The Labute approximate surface area is 228 Å². The van der Waals surface area contributed by atoms with Gasteiger partial charge in [0.05, 0.1) is 42.5 Å². The van der Waals surface area contributed by atoms with Crippen LogP contribution < -0.4 is 0 Å². The molecule has 3 atom stereocenters. The number of esters is 1. The van der Waals surface area contributed by atoms with Gasteiger partial charge in [0.15, 0.2) is 0 Å². The summed E-state index contributed by atoms with van der Waals surface area (Å²) >= 11 is 0. The van der Waals surface area contributed by atoms with E-state index in [0.29, 0.717) is 31.5 Å². The summed E-state index contributed by atoms with van der Waals surface area (Å²) in [5.74, 6) is -1.12. The van der Waals surface area contributed by atoms with Crippen LogP contribution in [0.4, 0.5) is 26.3 Å². The van der Waals surface area contributed by atoms with Gasteiger partial charge >= 0.3 is 18.3 Å². The molecule has 40 heavy (non-hydrogen) atoms. The van der Waals surface area contributed by atoms with Crippen molar-refractivity contribution < 1.29 is 45.4 Å². The molecule has 0 radical (unpaired) electrons. The Hall–Kier alpha value is -3.25. The highest BCUT2D eigenvalue weighted by molar-refractivity contribution is 5.82. The number of ether oxygens (including phenoxy) is 2. The number of alkyl halides is 6. The maximum atomic E-state index is 13.4. The SMILES string of the molecule is C=NC(=O)CN1C[C@@H](COC(C)=O)CC[C@@]1(CO[C@H](C)c1cc(C(F)(F)F)cc(C(F)(F)F)c1)c1ccccc1. The van der Waals surface area contributed by atoms with Crippen LogP contribution in [0.25, 0.3) is 0 Å². The summed E-state index contributed by atoms with van der Waals surface area (Å²) in [6.45, 7) is 6.04. The van der Waals surface area contributed by atoms with Gasteiger partial charge in [0.1, 0.15) is 0 Å². The average molecular weight is 573 g/mol. The quantitative estimate of drug-likeness (QED) is 0.203. The lowest BCUT2D eigenvalue weighted by Crippen LogP contribution is -2.56. The van der Waals surface area contributed by atoms with Crippen LogP contribution >= 0.6 is 0 Å². The van der Waals surface area contributed by atoms with E-state index in [1.165, 1.54) is 13.8 Å². The number of likely N-dealkylation sites (tertiary alicyclic amines) is 1. The normalized spacial score (nSPS) is 21.1. The molecule has 2 aromatic carbocycles. The molecule has 1 aliphatic rings. The number of nitrogens with zero attached hydrogens (tertiary/aromatic N) is 2. The van der Waals surface area contributed by atoms with Gasteiger partial charge in [-0.05, 0) is 55.8 Å². The van der Waals surface area contributed by atoms with E-state index < -0.39 is 47.0 Å². The molecule has 0 spiro atoms. The van der Waals surface area contributed by atoms with Crippen LogP contribution in [0.5, 0.6) is 0 Å². The molecule has 1 heterocycles. The molecule has 0 aliphatic carbocycles. The summed E-state index contributed by atoms with van der Waals surface area (Å²) in [7, 11) is 0. The largest absolute Gasteiger partial charge is 0.466 e. The van der Waals surface area contributed by atoms with Crippen LogP contribution in [0.3, 0.4) is 0 Å². The van der Waals surface area contributed by atoms with Crippen molar-refractivity contribution in [1.82, 2.24) is 4.90 Å². The van der Waals surface area contributed by atoms with E-state index in [9.17, 15) is 35.9 Å². The first-order valence-electron chi connectivity index (χ1n) is 12.5. The number of carbonyl (C=O) groups excluding carboxylic acids is 2. The topological polar surface area (TPSA) is 68.2 Å². The third-order valence-corrected chi connectivity index (χ3v) is 7.04. The molecule has 0 bridgehead atoms. The van der Waals surface area contributed by atoms with Crippen molar-refractivity contribution in [2.75, 3.05) is 26.3 Å². The van der Waals surface area contributed by atoms with Crippen LogP contribution in [-0.2, 0) is 37.0 Å². The number of carbonyl (C=O) groups is 2. The number of hydrogen-bond donors (Lipinski definition) is 0. The standard InChI is InChI=1S/C28H30F6N2O4/c1-18(21-11-23(27(29,30)31)13-24(12-21)28(32,33)34)40-17-26(22-7-5-4-6-8-22)10-9-20(16-39-19(2)37)14-36(26)15-25(38)35-3/h4-8,11-13,18,20H,3,9-10,14-17H2,1-2H3/t18-,20+,26-/m1/s1. The molecule has 218 valence electrons. The van der Waals surface area contributed by atoms with E-state index in [0.717, 1.165) is 5.56 Å². The summed E-state index contributed by atoms with van der Waals surface area (Å²) in [4.78, 5) is 29.0. The Morgan fingerprint density at radius 1 is 1.07 bits per heavy atom. The zero-order chi connectivity index (χ0) is 29.7. The van der Waals surface area contributed by atoms with Crippen molar-refractivity contribution in [3.63, 3.8) is 0 Å². The van der Waals surface area contributed by atoms with Crippen molar-refractivity contribution in [2.24, 2.45) is 10.9 Å². The van der Waals surface area contributed by atoms with Gasteiger partial charge in [-0.15, -0.1) is 0 Å². The summed E-state index contributed by atoms with van der Waals surface area (Å²) in [5.41, 5.74) is -3.38. The monoisotopic (exact) mass is 572 g/mol. The van der Waals surface area contributed by atoms with Gasteiger partial charge in [0.25, 0.3) is 5.91 Å². The molecular weight excluding hydrogens is 542 g/mol. The van der Waals surface area contributed by atoms with Gasteiger partial charge in [0, 0.05) is 19.4 Å². The molecule has 1 aliphatic heterocycles. The molecule has 1 saturated heterocycles. The molecule has 12 heteroatoms. The van der Waals surface area contributed by atoms with Crippen molar-refractivity contribution in [3.05, 3.63) is 70.8 Å². The molecular formula is C28H30F6N2O4. The van der Waals surface area contributed by atoms with E-state index in [4.69, 9.17) is 9.47 Å². The summed E-state index contributed by atoms with van der Waals surface area (Å²) in [5, 5.41) is 0. The fourth-order valence-electron chi connectivity index (χ4n) is 4.87. The Morgan fingerprint density at radius 3 is 2.20 bits per heavy atom. The Kier molecular flexibility index (Phi) is 9.78. The van der Waals surface area contributed by atoms with Gasteiger partial charge < -0.3 is 9.47 Å². The Bertz CT molecular complexity index is 1170. The highest BCUT2D eigenvalue weighted by Gasteiger charge is 2.45. The molecule has 0 unspecified atom stereocenters. The van der Waals surface area contributed by atoms with E-state index in [2.05, 4.69) is 11.7 Å². The minimum atomic E-state index is -4.99. The van der Waals surface area contributed by atoms with Crippen molar-refractivity contribution >= 4 is 18.6 Å². The lowest BCUT2D eigenvalue weighted by molar-refractivity contribution is -0.146. The molecule has 1 amide bonds. The van der Waals surface area contributed by atoms with Crippen molar-refractivity contribution in [3.8, 4) is 0 Å². The molecule has 0 aromatic heterocycles. The smallest absolute Gasteiger partial charge is 0.416 e. The second-order valence-electron chi connectivity index (χ2n) is 9.83. The highest BCUT2D eigenvalue weighted by Crippen LogP contribution is 2.42. The molecule has 3 rings (SSSR count). The molecule has 0 saturated carbocycles. The van der Waals surface area contributed by atoms with Crippen LogP contribution in [0.2, 0.25) is 0 Å². The van der Waals surface area contributed by atoms with Crippen molar-refractivity contribution in [2.45, 2.75) is 50.7 Å². The number of hydrogen-bond acceptors (Lipinski definition) is 5. The molecule has 6 nitrogen and oxygen atoms in total. The number of amides is 1. The zero-order valence-electron chi connectivity index (χ0n) is 22.0. The van der Waals surface area contributed by atoms with Gasteiger partial charge in [0.2, 0.25) is 0 Å². The third-order valence-electron chi connectivity index (χ3n) is 7.04. The van der Waals surface area contributed by atoms with Crippen LogP contribution in [0, 0.1) is 5.92 Å². The number of halogens is 6. The minimum absolute atomic E-state index is 0.0711. The van der Waals surface area contributed by atoms with E-state index >= 15 is 0 Å². The average Bonchev–Trinajstić information content (AvgIpc) is 2.90. The van der Waals surface area contributed by atoms with Crippen LogP contribution in [-0.4, -0.2) is 49.8 Å². The predicted octanol–water partition coefficient (Wildman–Crippen LogP) is 6.20. The highest BCUT2D eigenvalue weighted by atomic mass is 19.4. The van der Waals surface area contributed by atoms with E-state index in [-0.39, 0.29) is 37.3 Å². The number of aliphatic imine (C=N–C) groups is 1. The molecule has 0 N–H and O–H groups in total. The van der Waals surface area contributed by atoms with E-state index in [1.807, 2.05) is 12.1 Å². The first kappa shape index (κ1) is 31.3. The number of piperidine rings is 1. The zero-order valence-corrected chi connectivity index (χ0v) is 22.0. The number of benzene rings is 2. The predicted molar refractivity (Wildman–Crippen MR) is 134 cm³/mol. The van der Waals surface area contributed by atoms with Gasteiger partial charge in [-0.1, -0.05) is 30.3 Å². The summed E-state index contributed by atoms with van der Waals surface area (Å²) < 4.78 is 91.7. The fraction of sp³-hybridized carbons (Fsp3) is 0.464. The first-order chi connectivity index (χ1) is 18.7. The van der Waals surface area contributed by atoms with Gasteiger partial charge in [-0.2, -0.15) is 26.3 Å². The molecule has 2 aromatic rings. The third kappa shape index (κ3) is 7.69. The lowest BCUT2D eigenvalue weighted by Gasteiger charge is -2.49. The fourth-order valence-corrected chi connectivity index (χ4v) is 4.87. The minimum Gasteiger partial charge on any atom is -0.466 e.